The van der Waals surface area contributed by atoms with E-state index in [0.29, 0.717) is 5.75 Å². The fraction of sp³-hybridized carbons (Fsp3) is 0.471. The number of nitrogens with zero attached hydrogens (tertiary/aromatic N) is 1. The van der Waals surface area contributed by atoms with Crippen LogP contribution in [0.1, 0.15) is 63.0 Å². The molecule has 1 heterocycles. The highest BCUT2D eigenvalue weighted by Gasteiger charge is 2.20. The van der Waals surface area contributed by atoms with Crippen molar-refractivity contribution >= 4 is 11.3 Å². The summed E-state index contributed by atoms with van der Waals surface area (Å²) in [6.45, 7) is 10.8. The third-order valence-electron chi connectivity index (χ3n) is 3.53. The van der Waals surface area contributed by atoms with Gasteiger partial charge in [0.2, 0.25) is 0 Å². The second kappa shape index (κ2) is 6.16. The van der Waals surface area contributed by atoms with Crippen molar-refractivity contribution < 1.29 is 5.11 Å². The number of phenols is 1. The molecular weight excluding hydrogens is 280 g/mol. The first-order chi connectivity index (χ1) is 9.77. The lowest BCUT2D eigenvalue weighted by Gasteiger charge is -2.19. The molecule has 1 aromatic carbocycles. The van der Waals surface area contributed by atoms with Gasteiger partial charge in [-0.05, 0) is 31.5 Å². The van der Waals surface area contributed by atoms with Crippen molar-refractivity contribution in [1.29, 1.82) is 0 Å². The molecule has 0 aliphatic heterocycles. The Morgan fingerprint density at radius 1 is 1.19 bits per heavy atom. The van der Waals surface area contributed by atoms with Gasteiger partial charge in [-0.1, -0.05) is 32.9 Å². The van der Waals surface area contributed by atoms with E-state index in [0.717, 1.165) is 16.3 Å². The van der Waals surface area contributed by atoms with Crippen molar-refractivity contribution in [3.8, 4) is 5.75 Å². The molecule has 4 heteroatoms. The maximum absolute atomic E-state index is 9.57. The molecular formula is C17H24N2OS. The predicted molar refractivity (Wildman–Crippen MR) is 88.9 cm³/mol. The summed E-state index contributed by atoms with van der Waals surface area (Å²) in [6, 6.07) is 7.72. The van der Waals surface area contributed by atoms with Gasteiger partial charge in [0.15, 0.2) is 0 Å². The fourth-order valence-electron chi connectivity index (χ4n) is 2.17. The third-order valence-corrected chi connectivity index (χ3v) is 4.56. The monoisotopic (exact) mass is 304 g/mol. The van der Waals surface area contributed by atoms with Crippen LogP contribution >= 0.6 is 11.3 Å². The molecule has 0 aliphatic rings. The van der Waals surface area contributed by atoms with Gasteiger partial charge in [0, 0.05) is 16.8 Å². The van der Waals surface area contributed by atoms with Crippen molar-refractivity contribution in [3.05, 3.63) is 45.9 Å². The number of phenolic OH excluding ortho intramolecular Hbond substituents is 1. The van der Waals surface area contributed by atoms with E-state index in [1.807, 2.05) is 12.1 Å². The van der Waals surface area contributed by atoms with Gasteiger partial charge in [-0.25, -0.2) is 4.98 Å². The van der Waals surface area contributed by atoms with Gasteiger partial charge >= 0.3 is 0 Å². The lowest BCUT2D eigenvalue weighted by Crippen LogP contribution is -2.22. The standard InChI is InChI=1S/C17H24N2OS/c1-11(13-7-6-8-14(20)9-13)18-12(2)16-19-15(10-21-16)17(3,4)5/h6-12,18,20H,1-5H3/t11-,12+/m0/s1. The summed E-state index contributed by atoms with van der Waals surface area (Å²) in [4.78, 5) is 4.75. The van der Waals surface area contributed by atoms with E-state index in [-0.39, 0.29) is 17.5 Å². The minimum absolute atomic E-state index is 0.0886. The lowest BCUT2D eigenvalue weighted by atomic mass is 9.93. The van der Waals surface area contributed by atoms with Gasteiger partial charge in [-0.2, -0.15) is 0 Å². The van der Waals surface area contributed by atoms with Crippen molar-refractivity contribution in [2.24, 2.45) is 0 Å². The van der Waals surface area contributed by atoms with E-state index < -0.39 is 0 Å². The number of aromatic hydroxyl groups is 1. The number of hydrogen-bond acceptors (Lipinski definition) is 4. The Bertz CT molecular complexity index is 601. The second-order valence-corrected chi connectivity index (χ2v) is 7.42. The van der Waals surface area contributed by atoms with Crippen LogP contribution in [0.3, 0.4) is 0 Å². The Labute approximate surface area is 131 Å². The molecule has 3 nitrogen and oxygen atoms in total. The normalized spacial score (nSPS) is 14.9. The summed E-state index contributed by atoms with van der Waals surface area (Å²) >= 11 is 1.70. The number of aromatic nitrogens is 1. The van der Waals surface area contributed by atoms with E-state index in [2.05, 4.69) is 45.3 Å². The topological polar surface area (TPSA) is 45.2 Å². The molecule has 114 valence electrons. The highest BCUT2D eigenvalue weighted by Crippen LogP contribution is 2.28. The Morgan fingerprint density at radius 3 is 2.48 bits per heavy atom. The highest BCUT2D eigenvalue weighted by atomic mass is 32.1. The minimum Gasteiger partial charge on any atom is -0.508 e. The maximum Gasteiger partial charge on any atom is 0.115 e. The first-order valence-corrected chi connectivity index (χ1v) is 8.16. The summed E-state index contributed by atoms with van der Waals surface area (Å²) in [7, 11) is 0. The van der Waals surface area contributed by atoms with Crippen LogP contribution in [0.2, 0.25) is 0 Å². The zero-order valence-electron chi connectivity index (χ0n) is 13.3. The van der Waals surface area contributed by atoms with E-state index in [1.165, 1.54) is 0 Å². The van der Waals surface area contributed by atoms with Crippen LogP contribution in [-0.4, -0.2) is 10.1 Å². The minimum atomic E-state index is 0.0886. The van der Waals surface area contributed by atoms with Crippen LogP contribution in [0, 0.1) is 0 Å². The van der Waals surface area contributed by atoms with Gasteiger partial charge in [-0.3, -0.25) is 0 Å². The maximum atomic E-state index is 9.57. The molecule has 0 radical (unpaired) electrons. The molecule has 0 aliphatic carbocycles. The van der Waals surface area contributed by atoms with Crippen molar-refractivity contribution in [1.82, 2.24) is 10.3 Å². The number of benzene rings is 1. The molecule has 0 saturated heterocycles. The van der Waals surface area contributed by atoms with Crippen molar-refractivity contribution in [2.75, 3.05) is 0 Å². The first kappa shape index (κ1) is 16.0. The summed E-state index contributed by atoms with van der Waals surface area (Å²) in [5.74, 6) is 0.304. The lowest BCUT2D eigenvalue weighted by molar-refractivity contribution is 0.465. The zero-order chi connectivity index (χ0) is 15.6. The fourth-order valence-corrected chi connectivity index (χ4v) is 3.23. The summed E-state index contributed by atoms with van der Waals surface area (Å²) < 4.78 is 0. The van der Waals surface area contributed by atoms with E-state index in [4.69, 9.17) is 4.98 Å². The van der Waals surface area contributed by atoms with Crippen LogP contribution < -0.4 is 5.32 Å². The molecule has 2 aromatic rings. The first-order valence-electron chi connectivity index (χ1n) is 7.28. The van der Waals surface area contributed by atoms with E-state index in [1.54, 1.807) is 23.5 Å². The van der Waals surface area contributed by atoms with E-state index in [9.17, 15) is 5.11 Å². The Kier molecular flexibility index (Phi) is 4.69. The molecule has 0 saturated carbocycles. The second-order valence-electron chi connectivity index (χ2n) is 6.53. The Morgan fingerprint density at radius 2 is 1.90 bits per heavy atom. The third kappa shape index (κ3) is 4.05. The predicted octanol–water partition coefficient (Wildman–Crippen LogP) is 4.56. The smallest absolute Gasteiger partial charge is 0.115 e. The molecule has 21 heavy (non-hydrogen) atoms. The number of hydrogen-bond donors (Lipinski definition) is 2. The molecule has 2 atom stereocenters. The van der Waals surface area contributed by atoms with Crippen LogP contribution in [0.15, 0.2) is 29.6 Å². The van der Waals surface area contributed by atoms with Gasteiger partial charge in [0.25, 0.3) is 0 Å². The van der Waals surface area contributed by atoms with Crippen molar-refractivity contribution in [3.63, 3.8) is 0 Å². The number of thiazole rings is 1. The van der Waals surface area contributed by atoms with Crippen LogP contribution in [0.4, 0.5) is 0 Å². The van der Waals surface area contributed by atoms with Crippen LogP contribution in [0.25, 0.3) is 0 Å². The average Bonchev–Trinajstić information content (AvgIpc) is 2.88. The summed E-state index contributed by atoms with van der Waals surface area (Å²) in [5, 5.41) is 16.4. The van der Waals surface area contributed by atoms with Crippen LogP contribution in [0.5, 0.6) is 5.75 Å². The largest absolute Gasteiger partial charge is 0.508 e. The van der Waals surface area contributed by atoms with Gasteiger partial charge < -0.3 is 10.4 Å². The Balaban J connectivity index is 2.07. The molecule has 2 rings (SSSR count). The summed E-state index contributed by atoms with van der Waals surface area (Å²) in [6.07, 6.45) is 0. The molecule has 0 unspecified atom stereocenters. The number of nitrogens with one attached hydrogen (secondary N) is 1. The quantitative estimate of drug-likeness (QED) is 0.870. The summed E-state index contributed by atoms with van der Waals surface area (Å²) in [5.41, 5.74) is 2.31. The highest BCUT2D eigenvalue weighted by molar-refractivity contribution is 7.09. The molecule has 1 aromatic heterocycles. The van der Waals surface area contributed by atoms with Gasteiger partial charge in [0.05, 0.1) is 11.7 Å². The van der Waals surface area contributed by atoms with E-state index >= 15 is 0 Å². The van der Waals surface area contributed by atoms with Crippen molar-refractivity contribution in [2.45, 2.75) is 52.1 Å². The van der Waals surface area contributed by atoms with Crippen LogP contribution in [-0.2, 0) is 5.41 Å². The molecule has 0 spiro atoms. The average molecular weight is 304 g/mol. The molecule has 2 N–H and O–H groups in total. The SMILES string of the molecule is C[C@H](N[C@H](C)c1nc(C(C)(C)C)cs1)c1cccc(O)c1. The van der Waals surface area contributed by atoms with Gasteiger partial charge in [0.1, 0.15) is 10.8 Å². The molecule has 0 amide bonds. The van der Waals surface area contributed by atoms with Gasteiger partial charge in [-0.15, -0.1) is 11.3 Å². The number of rotatable bonds is 4. The Hall–Kier alpha value is -1.39. The molecule has 0 bridgehead atoms. The zero-order valence-corrected chi connectivity index (χ0v) is 14.2. The molecule has 0 fully saturated rings.